The van der Waals surface area contributed by atoms with E-state index in [2.05, 4.69) is 4.98 Å². The normalized spacial score (nSPS) is 12.5. The monoisotopic (exact) mass is 317 g/mol. The zero-order valence-corrected chi connectivity index (χ0v) is 13.2. The highest BCUT2D eigenvalue weighted by atomic mass is 32.1. The van der Waals surface area contributed by atoms with Crippen LogP contribution in [0.15, 0.2) is 28.1 Å². The first-order chi connectivity index (χ1) is 10.5. The molecule has 0 fully saturated rings. The molecule has 3 aromatic rings. The van der Waals surface area contributed by atoms with Gasteiger partial charge >= 0.3 is 5.97 Å². The number of fused-ring (bicyclic) bond motifs is 1. The molecule has 1 unspecified atom stereocenters. The van der Waals surface area contributed by atoms with E-state index >= 15 is 0 Å². The van der Waals surface area contributed by atoms with E-state index in [9.17, 15) is 9.90 Å². The fourth-order valence-electron chi connectivity index (χ4n) is 2.50. The van der Waals surface area contributed by atoms with Gasteiger partial charge in [0, 0.05) is 5.39 Å². The number of carbonyl (C=O) groups is 1. The van der Waals surface area contributed by atoms with Crippen molar-refractivity contribution in [3.8, 4) is 5.75 Å². The standard InChI is InChI=1S/C16H15NO4S/c1-8-15(22-7-17-8)10(3)20-11-4-5-13-12(6-11)14(16(18)19)9(2)21-13/h4-7,10H,1-3H3,(H,18,19). The second-order valence-electron chi connectivity index (χ2n) is 5.06. The average Bonchev–Trinajstić information content (AvgIpc) is 3.00. The van der Waals surface area contributed by atoms with Gasteiger partial charge in [-0.1, -0.05) is 0 Å². The first kappa shape index (κ1) is 14.6. The van der Waals surface area contributed by atoms with Gasteiger partial charge in [0.15, 0.2) is 0 Å². The number of thiazole rings is 1. The summed E-state index contributed by atoms with van der Waals surface area (Å²) >= 11 is 1.54. The molecule has 0 radical (unpaired) electrons. The molecule has 0 saturated carbocycles. The number of ether oxygens (including phenoxy) is 1. The van der Waals surface area contributed by atoms with Gasteiger partial charge in [-0.2, -0.15) is 0 Å². The van der Waals surface area contributed by atoms with Gasteiger partial charge in [-0.25, -0.2) is 9.78 Å². The Morgan fingerprint density at radius 3 is 2.82 bits per heavy atom. The number of aryl methyl sites for hydroxylation is 2. The average molecular weight is 317 g/mol. The molecule has 22 heavy (non-hydrogen) atoms. The Labute approximate surface area is 131 Å². The van der Waals surface area contributed by atoms with Gasteiger partial charge in [0.2, 0.25) is 0 Å². The summed E-state index contributed by atoms with van der Waals surface area (Å²) in [6.07, 6.45) is -0.147. The predicted molar refractivity (Wildman–Crippen MR) is 83.8 cm³/mol. The van der Waals surface area contributed by atoms with Gasteiger partial charge < -0.3 is 14.3 Å². The maximum atomic E-state index is 11.4. The summed E-state index contributed by atoms with van der Waals surface area (Å²) in [6, 6.07) is 5.22. The number of aromatic nitrogens is 1. The predicted octanol–water partition coefficient (Wildman–Crippen LogP) is 4.34. The van der Waals surface area contributed by atoms with Crippen molar-refractivity contribution < 1.29 is 19.1 Å². The lowest BCUT2D eigenvalue weighted by Crippen LogP contribution is -2.03. The third-order valence-corrected chi connectivity index (χ3v) is 4.61. The zero-order chi connectivity index (χ0) is 15.9. The second kappa shape index (κ2) is 5.46. The van der Waals surface area contributed by atoms with Crippen LogP contribution < -0.4 is 4.74 Å². The summed E-state index contributed by atoms with van der Waals surface area (Å²) < 4.78 is 11.4. The number of carboxylic acids is 1. The van der Waals surface area contributed by atoms with Crippen molar-refractivity contribution in [1.82, 2.24) is 4.98 Å². The van der Waals surface area contributed by atoms with E-state index in [-0.39, 0.29) is 11.7 Å². The third kappa shape index (κ3) is 2.46. The van der Waals surface area contributed by atoms with Crippen LogP contribution in [-0.4, -0.2) is 16.1 Å². The highest BCUT2D eigenvalue weighted by Crippen LogP contribution is 2.32. The van der Waals surface area contributed by atoms with Crippen molar-refractivity contribution in [1.29, 1.82) is 0 Å². The van der Waals surface area contributed by atoms with Crippen LogP contribution in [0.25, 0.3) is 11.0 Å². The number of nitrogens with zero attached hydrogens (tertiary/aromatic N) is 1. The molecular weight excluding hydrogens is 302 g/mol. The largest absolute Gasteiger partial charge is 0.485 e. The molecule has 1 N–H and O–H groups in total. The van der Waals surface area contributed by atoms with Gasteiger partial charge in [-0.15, -0.1) is 11.3 Å². The minimum atomic E-state index is -1.00. The summed E-state index contributed by atoms with van der Waals surface area (Å²) in [7, 11) is 0. The summed E-state index contributed by atoms with van der Waals surface area (Å²) in [4.78, 5) is 16.6. The Morgan fingerprint density at radius 2 is 2.18 bits per heavy atom. The van der Waals surface area contributed by atoms with Crippen LogP contribution in [0, 0.1) is 13.8 Å². The molecule has 1 atom stereocenters. The van der Waals surface area contributed by atoms with Crippen LogP contribution in [0.5, 0.6) is 5.75 Å². The number of hydrogen-bond acceptors (Lipinski definition) is 5. The van der Waals surface area contributed by atoms with Gasteiger partial charge in [0.05, 0.1) is 16.1 Å². The molecule has 114 valence electrons. The van der Waals surface area contributed by atoms with Gasteiger partial charge in [0.1, 0.15) is 28.8 Å². The molecule has 0 aliphatic rings. The number of carboxylic acid groups (broad SMARTS) is 1. The van der Waals surface area contributed by atoms with E-state index in [1.807, 2.05) is 13.8 Å². The molecule has 0 saturated heterocycles. The van der Waals surface area contributed by atoms with Crippen LogP contribution in [0.4, 0.5) is 0 Å². The van der Waals surface area contributed by atoms with Gasteiger partial charge in [-0.3, -0.25) is 0 Å². The Hall–Kier alpha value is -2.34. The number of rotatable bonds is 4. The summed E-state index contributed by atoms with van der Waals surface area (Å²) in [5, 5.41) is 9.86. The molecule has 2 aromatic heterocycles. The first-order valence-electron chi connectivity index (χ1n) is 6.80. The number of aromatic carboxylic acids is 1. The molecule has 1 aromatic carbocycles. The Morgan fingerprint density at radius 1 is 1.41 bits per heavy atom. The molecule has 5 nitrogen and oxygen atoms in total. The van der Waals surface area contributed by atoms with E-state index in [1.54, 1.807) is 42.0 Å². The number of benzene rings is 1. The van der Waals surface area contributed by atoms with Crippen LogP contribution in [0.2, 0.25) is 0 Å². The maximum Gasteiger partial charge on any atom is 0.339 e. The van der Waals surface area contributed by atoms with Crippen molar-refractivity contribution in [2.75, 3.05) is 0 Å². The number of furan rings is 1. The SMILES string of the molecule is Cc1ncsc1C(C)Oc1ccc2oc(C)c(C(=O)O)c2c1. The maximum absolute atomic E-state index is 11.4. The first-order valence-corrected chi connectivity index (χ1v) is 7.68. The Kier molecular flexibility index (Phi) is 3.62. The van der Waals surface area contributed by atoms with Crippen molar-refractivity contribution in [3.63, 3.8) is 0 Å². The highest BCUT2D eigenvalue weighted by Gasteiger charge is 2.19. The van der Waals surface area contributed by atoms with Crippen molar-refractivity contribution in [2.45, 2.75) is 26.9 Å². The molecule has 0 spiro atoms. The van der Waals surface area contributed by atoms with Crippen molar-refractivity contribution in [3.05, 3.63) is 45.6 Å². The van der Waals surface area contributed by atoms with Crippen LogP contribution in [-0.2, 0) is 0 Å². The fourth-order valence-corrected chi connectivity index (χ4v) is 3.28. The van der Waals surface area contributed by atoms with E-state index in [0.717, 1.165) is 10.6 Å². The second-order valence-corrected chi connectivity index (χ2v) is 5.94. The van der Waals surface area contributed by atoms with Crippen molar-refractivity contribution >= 4 is 28.3 Å². The Bertz CT molecular complexity index is 849. The van der Waals surface area contributed by atoms with E-state index in [0.29, 0.717) is 22.5 Å². The molecule has 0 amide bonds. The smallest absolute Gasteiger partial charge is 0.339 e. The highest BCUT2D eigenvalue weighted by molar-refractivity contribution is 7.09. The third-order valence-electron chi connectivity index (χ3n) is 3.51. The van der Waals surface area contributed by atoms with Crippen LogP contribution in [0.1, 0.15) is 39.7 Å². The number of hydrogen-bond donors (Lipinski definition) is 1. The minimum absolute atomic E-state index is 0.147. The van der Waals surface area contributed by atoms with Crippen LogP contribution in [0.3, 0.4) is 0 Å². The molecule has 0 aliphatic heterocycles. The lowest BCUT2D eigenvalue weighted by molar-refractivity contribution is 0.0697. The van der Waals surface area contributed by atoms with E-state index in [1.165, 1.54) is 0 Å². The molecular formula is C16H15NO4S. The molecule has 3 rings (SSSR count). The van der Waals surface area contributed by atoms with Crippen LogP contribution >= 0.6 is 11.3 Å². The van der Waals surface area contributed by atoms with Gasteiger partial charge in [-0.05, 0) is 39.0 Å². The van der Waals surface area contributed by atoms with Gasteiger partial charge in [0.25, 0.3) is 0 Å². The van der Waals surface area contributed by atoms with E-state index < -0.39 is 5.97 Å². The fraction of sp³-hybridized carbons (Fsp3) is 0.250. The molecule has 0 bridgehead atoms. The van der Waals surface area contributed by atoms with E-state index in [4.69, 9.17) is 9.15 Å². The molecule has 0 aliphatic carbocycles. The molecule has 2 heterocycles. The van der Waals surface area contributed by atoms with Crippen molar-refractivity contribution in [2.24, 2.45) is 0 Å². The quantitative estimate of drug-likeness (QED) is 0.774. The topological polar surface area (TPSA) is 72.6 Å². The summed E-state index contributed by atoms with van der Waals surface area (Å²) in [5.41, 5.74) is 3.46. The summed E-state index contributed by atoms with van der Waals surface area (Å²) in [6.45, 7) is 5.54. The lowest BCUT2D eigenvalue weighted by atomic mass is 10.1. The lowest BCUT2D eigenvalue weighted by Gasteiger charge is -2.13. The Balaban J connectivity index is 1.97. The summed E-state index contributed by atoms with van der Waals surface area (Å²) in [5.74, 6) is 0.00171. The minimum Gasteiger partial charge on any atom is -0.485 e. The zero-order valence-electron chi connectivity index (χ0n) is 12.4. The molecule has 6 heteroatoms.